The molecule has 4 heteroatoms. The summed E-state index contributed by atoms with van der Waals surface area (Å²) in [6, 6.07) is 31.6. The van der Waals surface area contributed by atoms with Crippen LogP contribution >= 0.6 is 7.29 Å². The summed E-state index contributed by atoms with van der Waals surface area (Å²) in [6.07, 6.45) is 2.97. The van der Waals surface area contributed by atoms with Gasteiger partial charge in [-0.05, 0) is 55.5 Å². The largest absolute Gasteiger partial charge is 0.296 e. The molecule has 0 spiro atoms. The highest BCUT2D eigenvalue weighted by Crippen LogP contribution is 2.42. The molecule has 0 aliphatic carbocycles. The Labute approximate surface area is 173 Å². The fraction of sp³-hybridized carbons (Fsp3) is 0.240. The first kappa shape index (κ1) is 21.1. The zero-order valence-electron chi connectivity index (χ0n) is 16.8. The molecule has 148 valence electrons. The Morgan fingerprint density at radius 1 is 0.862 bits per heavy atom. The molecule has 0 bridgehead atoms. The minimum absolute atomic E-state index is 0.585. The summed E-state index contributed by atoms with van der Waals surface area (Å²) in [4.78, 5) is 0. The van der Waals surface area contributed by atoms with Gasteiger partial charge in [-0.25, -0.2) is 5.09 Å². The predicted molar refractivity (Wildman–Crippen MR) is 121 cm³/mol. The van der Waals surface area contributed by atoms with Crippen LogP contribution in [0, 0.1) is 11.3 Å². The molecule has 0 saturated carbocycles. The molecule has 29 heavy (non-hydrogen) atoms. The quantitative estimate of drug-likeness (QED) is 0.501. The topological polar surface area (TPSA) is 52.9 Å². The Hall–Kier alpha value is -2.66. The van der Waals surface area contributed by atoms with Crippen LogP contribution in [-0.4, -0.2) is 5.54 Å². The lowest BCUT2D eigenvalue weighted by atomic mass is 9.91. The van der Waals surface area contributed by atoms with Gasteiger partial charge >= 0.3 is 0 Å². The summed E-state index contributed by atoms with van der Waals surface area (Å²) in [7, 11) is -3.16. The van der Waals surface area contributed by atoms with Crippen LogP contribution in [0.15, 0.2) is 91.0 Å². The van der Waals surface area contributed by atoms with Gasteiger partial charge in [0.15, 0.2) is 0 Å². The lowest BCUT2D eigenvalue weighted by Crippen LogP contribution is -2.45. The second kappa shape index (κ2) is 9.70. The average molecular weight is 402 g/mol. The molecule has 1 atom stereocenters. The van der Waals surface area contributed by atoms with Gasteiger partial charge in [-0.15, -0.1) is 0 Å². The van der Waals surface area contributed by atoms with Crippen molar-refractivity contribution < 1.29 is 4.57 Å². The fourth-order valence-corrected chi connectivity index (χ4v) is 6.23. The van der Waals surface area contributed by atoms with Gasteiger partial charge in [0.25, 0.3) is 0 Å². The predicted octanol–water partition coefficient (Wildman–Crippen LogP) is 5.20. The van der Waals surface area contributed by atoms with E-state index in [1.165, 1.54) is 5.56 Å². The first-order valence-corrected chi connectivity index (χ1v) is 11.8. The van der Waals surface area contributed by atoms with Crippen molar-refractivity contribution in [3.8, 4) is 6.07 Å². The summed E-state index contributed by atoms with van der Waals surface area (Å²) < 4.78 is 14.3. The molecule has 3 rings (SSSR count). The van der Waals surface area contributed by atoms with Crippen LogP contribution in [-0.2, 0) is 11.0 Å². The van der Waals surface area contributed by atoms with Crippen LogP contribution in [0.4, 0.5) is 0 Å². The fourth-order valence-electron chi connectivity index (χ4n) is 3.57. The molecule has 0 amide bonds. The smallest absolute Gasteiger partial charge is 0.205 e. The van der Waals surface area contributed by atoms with Gasteiger partial charge in [0.05, 0.1) is 6.07 Å². The number of nitrogens with zero attached hydrogens (tertiary/aromatic N) is 1. The van der Waals surface area contributed by atoms with Crippen molar-refractivity contribution in [1.82, 2.24) is 5.09 Å². The van der Waals surface area contributed by atoms with Crippen LogP contribution < -0.4 is 15.7 Å². The van der Waals surface area contributed by atoms with Gasteiger partial charge in [-0.3, -0.25) is 4.57 Å². The van der Waals surface area contributed by atoms with Crippen molar-refractivity contribution in [1.29, 1.82) is 5.26 Å². The maximum Gasteiger partial charge on any atom is 0.205 e. The Kier molecular flexibility index (Phi) is 7.04. The van der Waals surface area contributed by atoms with E-state index in [1.807, 2.05) is 85.8 Å². The highest BCUT2D eigenvalue weighted by Gasteiger charge is 2.38. The van der Waals surface area contributed by atoms with Crippen molar-refractivity contribution in [2.24, 2.45) is 0 Å². The Morgan fingerprint density at radius 2 is 1.34 bits per heavy atom. The summed E-state index contributed by atoms with van der Waals surface area (Å²) in [5.74, 6) is 0. The number of nitriles is 1. The van der Waals surface area contributed by atoms with Crippen molar-refractivity contribution in [2.75, 3.05) is 0 Å². The maximum atomic E-state index is 14.3. The second-order valence-corrected chi connectivity index (χ2v) is 9.75. The lowest BCUT2D eigenvalue weighted by Gasteiger charge is -2.32. The van der Waals surface area contributed by atoms with Crippen LogP contribution in [0.3, 0.4) is 0 Å². The van der Waals surface area contributed by atoms with Gasteiger partial charge in [-0.1, -0.05) is 73.7 Å². The number of hydrogen-bond donors (Lipinski definition) is 1. The van der Waals surface area contributed by atoms with E-state index in [2.05, 4.69) is 23.3 Å². The maximum absolute atomic E-state index is 14.3. The Bertz CT molecular complexity index is 940. The van der Waals surface area contributed by atoms with Crippen molar-refractivity contribution in [3.05, 3.63) is 96.6 Å². The van der Waals surface area contributed by atoms with E-state index in [4.69, 9.17) is 0 Å². The average Bonchev–Trinajstić information content (AvgIpc) is 2.80. The van der Waals surface area contributed by atoms with E-state index in [1.54, 1.807) is 0 Å². The normalized spacial score (nSPS) is 13.4. The first-order valence-electron chi connectivity index (χ1n) is 10.1. The molecule has 3 aromatic rings. The molecule has 0 fully saturated rings. The minimum Gasteiger partial charge on any atom is -0.296 e. The highest BCUT2D eigenvalue weighted by molar-refractivity contribution is 7.77. The summed E-state index contributed by atoms with van der Waals surface area (Å²) in [5, 5.41) is 14.9. The minimum atomic E-state index is -3.16. The van der Waals surface area contributed by atoms with Gasteiger partial charge < -0.3 is 0 Å². The van der Waals surface area contributed by atoms with E-state index in [-0.39, 0.29) is 0 Å². The van der Waals surface area contributed by atoms with Crippen molar-refractivity contribution >= 4 is 17.9 Å². The highest BCUT2D eigenvalue weighted by atomic mass is 31.2. The molecule has 3 aromatic carbocycles. The molecule has 0 aliphatic rings. The standard InChI is InChI=1S/C25H27N2OP/c1-2-25(21-26,20-12-15-22-13-6-3-7-14-22)27-29(28,23-16-8-4-9-17-23)24-18-10-5-11-19-24/h3-11,13-14,16-19H,2,12,15,20H2,1H3,(H,27,28)/t25-/m0/s1. The SMILES string of the molecule is CC[C@@](C#N)(CCCc1ccccc1)NP(=O)(c1ccccc1)c1ccccc1. The molecule has 0 radical (unpaired) electrons. The van der Waals surface area contributed by atoms with Crippen molar-refractivity contribution in [3.63, 3.8) is 0 Å². The van der Waals surface area contributed by atoms with Gasteiger partial charge in [0.2, 0.25) is 7.29 Å². The zero-order valence-corrected chi connectivity index (χ0v) is 17.7. The van der Waals surface area contributed by atoms with Crippen molar-refractivity contribution in [2.45, 2.75) is 38.1 Å². The second-order valence-electron chi connectivity index (χ2n) is 7.28. The molecule has 0 unspecified atom stereocenters. The van der Waals surface area contributed by atoms with Crippen LogP contribution in [0.2, 0.25) is 0 Å². The third-order valence-corrected chi connectivity index (χ3v) is 8.13. The van der Waals surface area contributed by atoms with E-state index >= 15 is 0 Å². The number of nitrogens with one attached hydrogen (secondary N) is 1. The molecule has 0 heterocycles. The third kappa shape index (κ3) is 5.04. The Morgan fingerprint density at radius 3 is 1.79 bits per heavy atom. The van der Waals surface area contributed by atoms with Crippen LogP contribution in [0.5, 0.6) is 0 Å². The summed E-state index contributed by atoms with van der Waals surface area (Å²) in [5.41, 5.74) is 0.403. The monoisotopic (exact) mass is 402 g/mol. The summed E-state index contributed by atoms with van der Waals surface area (Å²) in [6.45, 7) is 1.99. The molecule has 0 aromatic heterocycles. The molecule has 0 aliphatic heterocycles. The molecule has 3 nitrogen and oxygen atoms in total. The first-order chi connectivity index (χ1) is 14.1. The number of aryl methyl sites for hydroxylation is 1. The molecule has 1 N–H and O–H groups in total. The van der Waals surface area contributed by atoms with E-state index in [0.29, 0.717) is 12.8 Å². The van der Waals surface area contributed by atoms with Gasteiger partial charge in [0, 0.05) is 10.6 Å². The lowest BCUT2D eigenvalue weighted by molar-refractivity contribution is 0.422. The van der Waals surface area contributed by atoms with Gasteiger partial charge in [0.1, 0.15) is 5.54 Å². The van der Waals surface area contributed by atoms with Gasteiger partial charge in [-0.2, -0.15) is 5.26 Å². The summed E-state index contributed by atoms with van der Waals surface area (Å²) >= 11 is 0. The van der Waals surface area contributed by atoms with E-state index < -0.39 is 12.8 Å². The van der Waals surface area contributed by atoms with E-state index in [0.717, 1.165) is 23.5 Å². The van der Waals surface area contributed by atoms with E-state index in [9.17, 15) is 9.83 Å². The molecule has 0 saturated heterocycles. The number of hydrogen-bond acceptors (Lipinski definition) is 2. The third-order valence-electron chi connectivity index (χ3n) is 5.34. The van der Waals surface area contributed by atoms with Crippen LogP contribution in [0.1, 0.15) is 31.7 Å². The Balaban J connectivity index is 1.89. The molecular formula is C25H27N2OP. The zero-order chi connectivity index (χ0) is 20.6. The number of rotatable bonds is 9. The van der Waals surface area contributed by atoms with Crippen LogP contribution in [0.25, 0.3) is 0 Å². The number of benzene rings is 3. The molecular weight excluding hydrogens is 375 g/mol.